The molecule has 1 unspecified atom stereocenters. The number of benzene rings is 1. The summed E-state index contributed by atoms with van der Waals surface area (Å²) in [4.78, 5) is 0. The third-order valence-electron chi connectivity index (χ3n) is 2.02. The van der Waals surface area contributed by atoms with Gasteiger partial charge in [0.25, 0.3) is 0 Å². The molecule has 0 aliphatic heterocycles. The number of nitrogens with one attached hydrogen (secondary N) is 1. The van der Waals surface area contributed by atoms with Crippen LogP contribution in [-0.4, -0.2) is 11.2 Å². The van der Waals surface area contributed by atoms with Crippen molar-refractivity contribution in [3.8, 4) is 0 Å². The van der Waals surface area contributed by atoms with Gasteiger partial charge in [-0.1, -0.05) is 18.2 Å². The zero-order valence-corrected chi connectivity index (χ0v) is 9.40. The fraction of sp³-hybridized carbons (Fsp3) is 0.400. The molecule has 92 valence electrons. The molecule has 0 heterocycles. The van der Waals surface area contributed by atoms with Crippen LogP contribution >= 0.6 is 12.4 Å². The summed E-state index contributed by atoms with van der Waals surface area (Å²) < 4.78 is 37.0. The van der Waals surface area contributed by atoms with Crippen LogP contribution in [0.5, 0.6) is 0 Å². The summed E-state index contributed by atoms with van der Waals surface area (Å²) in [5.74, 6) is 0. The quantitative estimate of drug-likeness (QED) is 0.814. The van der Waals surface area contributed by atoms with Gasteiger partial charge in [0.05, 0.1) is 5.56 Å². The minimum absolute atomic E-state index is 0. The van der Waals surface area contributed by atoms with Gasteiger partial charge in [-0.15, -0.1) is 12.4 Å². The molecule has 0 aliphatic carbocycles. The summed E-state index contributed by atoms with van der Waals surface area (Å²) in [5, 5.41) is 8.55. The van der Waals surface area contributed by atoms with Gasteiger partial charge in [-0.25, -0.2) is 5.48 Å². The standard InChI is InChI=1S/C10H12F3NO.ClH/c1-7(14-15)5-8-3-2-4-9(6-8)10(11,12)13;/h2-4,6-7,14-15H,5H2,1H3;1H. The molecule has 16 heavy (non-hydrogen) atoms. The van der Waals surface area contributed by atoms with E-state index in [2.05, 4.69) is 0 Å². The summed E-state index contributed by atoms with van der Waals surface area (Å²) in [6, 6.07) is 4.81. The first kappa shape index (κ1) is 15.2. The highest BCUT2D eigenvalue weighted by molar-refractivity contribution is 5.85. The van der Waals surface area contributed by atoms with Gasteiger partial charge in [0, 0.05) is 6.04 Å². The van der Waals surface area contributed by atoms with Gasteiger partial charge in [0.1, 0.15) is 0 Å². The molecule has 2 nitrogen and oxygen atoms in total. The van der Waals surface area contributed by atoms with Crippen molar-refractivity contribution >= 4 is 12.4 Å². The molecule has 0 spiro atoms. The van der Waals surface area contributed by atoms with Crippen molar-refractivity contribution in [1.29, 1.82) is 0 Å². The highest BCUT2D eigenvalue weighted by Crippen LogP contribution is 2.29. The summed E-state index contributed by atoms with van der Waals surface area (Å²) in [6.45, 7) is 1.68. The first-order valence-corrected chi connectivity index (χ1v) is 4.49. The second kappa shape index (κ2) is 6.08. The van der Waals surface area contributed by atoms with Crippen molar-refractivity contribution in [2.24, 2.45) is 0 Å². The van der Waals surface area contributed by atoms with Crippen LogP contribution in [-0.2, 0) is 12.6 Å². The highest BCUT2D eigenvalue weighted by Gasteiger charge is 2.30. The molecule has 1 rings (SSSR count). The Kier molecular flexibility index (Phi) is 5.78. The topological polar surface area (TPSA) is 32.3 Å². The van der Waals surface area contributed by atoms with Gasteiger partial charge < -0.3 is 5.21 Å². The van der Waals surface area contributed by atoms with Gasteiger partial charge in [-0.2, -0.15) is 13.2 Å². The zero-order valence-electron chi connectivity index (χ0n) is 8.58. The first-order chi connectivity index (χ1) is 6.93. The Hall–Kier alpha value is -0.780. The summed E-state index contributed by atoms with van der Waals surface area (Å²) >= 11 is 0. The largest absolute Gasteiger partial charge is 0.416 e. The Morgan fingerprint density at radius 2 is 2.00 bits per heavy atom. The molecule has 0 radical (unpaired) electrons. The van der Waals surface area contributed by atoms with Crippen molar-refractivity contribution in [1.82, 2.24) is 5.48 Å². The summed E-state index contributed by atoms with van der Waals surface area (Å²) in [7, 11) is 0. The van der Waals surface area contributed by atoms with Gasteiger partial charge in [0.15, 0.2) is 0 Å². The normalized spacial score (nSPS) is 13.1. The van der Waals surface area contributed by atoms with Crippen molar-refractivity contribution in [3.63, 3.8) is 0 Å². The van der Waals surface area contributed by atoms with Crippen LogP contribution in [0, 0.1) is 0 Å². The number of rotatable bonds is 3. The third kappa shape index (κ3) is 4.38. The van der Waals surface area contributed by atoms with E-state index in [9.17, 15) is 13.2 Å². The average molecular weight is 256 g/mol. The number of hydroxylamine groups is 1. The van der Waals surface area contributed by atoms with Gasteiger partial charge in [0.2, 0.25) is 0 Å². The van der Waals surface area contributed by atoms with Crippen LogP contribution < -0.4 is 5.48 Å². The van der Waals surface area contributed by atoms with E-state index < -0.39 is 11.7 Å². The Bertz CT molecular complexity index is 330. The Morgan fingerprint density at radius 1 is 1.38 bits per heavy atom. The van der Waals surface area contributed by atoms with Crippen LogP contribution in [0.2, 0.25) is 0 Å². The Labute approximate surface area is 97.8 Å². The molecule has 1 atom stereocenters. The van der Waals surface area contributed by atoms with E-state index in [1.807, 2.05) is 5.48 Å². The predicted octanol–water partition coefficient (Wildman–Crippen LogP) is 3.04. The predicted molar refractivity (Wildman–Crippen MR) is 56.8 cm³/mol. The first-order valence-electron chi connectivity index (χ1n) is 4.49. The fourth-order valence-electron chi connectivity index (χ4n) is 1.27. The van der Waals surface area contributed by atoms with E-state index in [0.717, 1.165) is 12.1 Å². The third-order valence-corrected chi connectivity index (χ3v) is 2.02. The molecule has 2 N–H and O–H groups in total. The van der Waals surface area contributed by atoms with E-state index in [4.69, 9.17) is 5.21 Å². The minimum Gasteiger partial charge on any atom is -0.317 e. The Morgan fingerprint density at radius 3 is 2.50 bits per heavy atom. The van der Waals surface area contributed by atoms with Crippen LogP contribution in [0.1, 0.15) is 18.1 Å². The maximum Gasteiger partial charge on any atom is 0.416 e. The van der Waals surface area contributed by atoms with Crippen molar-refractivity contribution in [3.05, 3.63) is 35.4 Å². The molecule has 0 amide bonds. The molecular formula is C10H13ClF3NO. The van der Waals surface area contributed by atoms with Gasteiger partial charge >= 0.3 is 6.18 Å². The zero-order chi connectivity index (χ0) is 11.5. The van der Waals surface area contributed by atoms with E-state index in [0.29, 0.717) is 12.0 Å². The van der Waals surface area contributed by atoms with Crippen LogP contribution in [0.25, 0.3) is 0 Å². The molecule has 0 bridgehead atoms. The summed E-state index contributed by atoms with van der Waals surface area (Å²) in [5.41, 5.74) is 1.87. The van der Waals surface area contributed by atoms with Crippen LogP contribution in [0.3, 0.4) is 0 Å². The molecule has 0 saturated carbocycles. The van der Waals surface area contributed by atoms with Crippen LogP contribution in [0.15, 0.2) is 24.3 Å². The lowest BCUT2D eigenvalue weighted by Gasteiger charge is -2.11. The average Bonchev–Trinajstić information content (AvgIpc) is 2.17. The molecular weight excluding hydrogens is 243 g/mol. The molecule has 1 aromatic carbocycles. The van der Waals surface area contributed by atoms with E-state index in [1.54, 1.807) is 13.0 Å². The van der Waals surface area contributed by atoms with Crippen molar-refractivity contribution in [2.75, 3.05) is 0 Å². The van der Waals surface area contributed by atoms with Gasteiger partial charge in [-0.3, -0.25) is 0 Å². The number of hydrogen-bond acceptors (Lipinski definition) is 2. The van der Waals surface area contributed by atoms with Crippen molar-refractivity contribution < 1.29 is 18.4 Å². The second-order valence-corrected chi connectivity index (χ2v) is 3.43. The monoisotopic (exact) mass is 255 g/mol. The van der Waals surface area contributed by atoms with Gasteiger partial charge in [-0.05, 0) is 25.0 Å². The molecule has 0 fully saturated rings. The van der Waals surface area contributed by atoms with Crippen LogP contribution in [0.4, 0.5) is 13.2 Å². The maximum absolute atomic E-state index is 12.3. The molecule has 6 heteroatoms. The number of halogens is 4. The van der Waals surface area contributed by atoms with E-state index in [-0.39, 0.29) is 18.4 Å². The maximum atomic E-state index is 12.3. The van der Waals surface area contributed by atoms with E-state index in [1.165, 1.54) is 6.07 Å². The summed E-state index contributed by atoms with van der Waals surface area (Å²) in [6.07, 6.45) is -3.97. The lowest BCUT2D eigenvalue weighted by molar-refractivity contribution is -0.137. The van der Waals surface area contributed by atoms with E-state index >= 15 is 0 Å². The fourth-order valence-corrected chi connectivity index (χ4v) is 1.27. The Balaban J connectivity index is 0.00000225. The van der Waals surface area contributed by atoms with Crippen molar-refractivity contribution in [2.45, 2.75) is 25.6 Å². The lowest BCUT2D eigenvalue weighted by Crippen LogP contribution is -2.24. The highest BCUT2D eigenvalue weighted by atomic mass is 35.5. The molecule has 0 saturated heterocycles. The molecule has 1 aromatic rings. The SMILES string of the molecule is CC(Cc1cccc(C(F)(F)F)c1)NO.Cl. The number of alkyl halides is 3. The smallest absolute Gasteiger partial charge is 0.317 e. The number of hydrogen-bond donors (Lipinski definition) is 2. The molecule has 0 aliphatic rings. The minimum atomic E-state index is -4.31. The second-order valence-electron chi connectivity index (χ2n) is 3.43. The lowest BCUT2D eigenvalue weighted by atomic mass is 10.0. The molecule has 0 aromatic heterocycles.